The Morgan fingerprint density at radius 2 is 1.60 bits per heavy atom. The van der Waals surface area contributed by atoms with Crippen molar-refractivity contribution in [1.29, 1.82) is 0 Å². The van der Waals surface area contributed by atoms with Gasteiger partial charge in [0.1, 0.15) is 0 Å². The van der Waals surface area contributed by atoms with Crippen LogP contribution in [0, 0.1) is 0 Å². The molecule has 1 fully saturated rings. The largest absolute Gasteiger partial charge is 0.348 e. The van der Waals surface area contributed by atoms with Gasteiger partial charge in [-0.2, -0.15) is 0 Å². The number of nitrogens with one attached hydrogen (secondary N) is 2. The maximum Gasteiger partial charge on any atom is 0.258 e. The van der Waals surface area contributed by atoms with Crippen molar-refractivity contribution in [3.05, 3.63) is 95.1 Å². The molecule has 7 nitrogen and oxygen atoms in total. The highest BCUT2D eigenvalue weighted by Gasteiger charge is 2.35. The normalized spacial score (nSPS) is 21.1. The molecular weight excluding hydrogens is 500 g/mol. The van der Waals surface area contributed by atoms with Gasteiger partial charge >= 0.3 is 0 Å². The van der Waals surface area contributed by atoms with Gasteiger partial charge in [-0.1, -0.05) is 76.1 Å². The topological polar surface area (TPSA) is 105 Å². The minimum atomic E-state index is -0.517. The Morgan fingerprint density at radius 1 is 0.925 bits per heavy atom. The molecule has 4 N–H and O–H groups in total. The number of anilines is 2. The maximum atomic E-state index is 14.2. The molecule has 7 heteroatoms. The summed E-state index contributed by atoms with van der Waals surface area (Å²) in [6.07, 6.45) is 3.93. The molecule has 1 saturated carbocycles. The Bertz CT molecular complexity index is 1400. The summed E-state index contributed by atoms with van der Waals surface area (Å²) in [5.74, 6) is -0.670. The van der Waals surface area contributed by atoms with E-state index >= 15 is 0 Å². The first-order valence-electron chi connectivity index (χ1n) is 14.1. The molecular formula is C33H38N4O3. The molecule has 2 aliphatic rings. The Labute approximate surface area is 236 Å². The van der Waals surface area contributed by atoms with Crippen molar-refractivity contribution in [2.75, 3.05) is 10.2 Å². The molecule has 0 spiro atoms. The number of fused-ring (bicyclic) bond motifs is 1. The van der Waals surface area contributed by atoms with Gasteiger partial charge in [0.25, 0.3) is 11.8 Å². The number of nitrogens with two attached hydrogens (primary N) is 1. The number of hydrogen-bond donors (Lipinski definition) is 3. The SMILES string of the molecule is CC(C)(C)c1ccc(C(=O)N2c3ccc(C(=O)NC4CCCCC4N)cc3NC(=O)CC2c2ccccc2)cc1. The van der Waals surface area contributed by atoms with Crippen LogP contribution in [-0.4, -0.2) is 29.8 Å². The Morgan fingerprint density at radius 3 is 2.27 bits per heavy atom. The lowest BCUT2D eigenvalue weighted by Crippen LogP contribution is -2.49. The highest BCUT2D eigenvalue weighted by Crippen LogP contribution is 2.40. The molecule has 3 unspecified atom stereocenters. The minimum Gasteiger partial charge on any atom is -0.348 e. The number of amides is 3. The zero-order valence-electron chi connectivity index (χ0n) is 23.4. The molecule has 1 aliphatic heterocycles. The molecule has 0 saturated heterocycles. The van der Waals surface area contributed by atoms with Crippen molar-refractivity contribution in [2.45, 2.75) is 76.4 Å². The average Bonchev–Trinajstić information content (AvgIpc) is 3.09. The third-order valence-corrected chi connectivity index (χ3v) is 8.02. The summed E-state index contributed by atoms with van der Waals surface area (Å²) in [5, 5.41) is 6.03. The fourth-order valence-corrected chi connectivity index (χ4v) is 5.66. The lowest BCUT2D eigenvalue weighted by molar-refractivity contribution is -0.116. The number of nitrogens with zero attached hydrogens (tertiary/aromatic N) is 1. The number of carbonyl (C=O) groups is 3. The predicted octanol–water partition coefficient (Wildman–Crippen LogP) is 5.71. The highest BCUT2D eigenvalue weighted by molar-refractivity contribution is 6.12. The van der Waals surface area contributed by atoms with E-state index < -0.39 is 6.04 Å². The summed E-state index contributed by atoms with van der Waals surface area (Å²) >= 11 is 0. The smallest absolute Gasteiger partial charge is 0.258 e. The third kappa shape index (κ3) is 5.80. The van der Waals surface area contributed by atoms with Gasteiger partial charge in [0.2, 0.25) is 5.91 Å². The van der Waals surface area contributed by atoms with E-state index in [0.29, 0.717) is 22.5 Å². The second kappa shape index (κ2) is 11.3. The molecule has 208 valence electrons. The van der Waals surface area contributed by atoms with E-state index in [0.717, 1.165) is 36.8 Å². The number of hydrogen-bond acceptors (Lipinski definition) is 4. The molecule has 3 aromatic rings. The first kappa shape index (κ1) is 27.6. The van der Waals surface area contributed by atoms with Gasteiger partial charge in [-0.05, 0) is 59.7 Å². The van der Waals surface area contributed by atoms with Gasteiger partial charge in [-0.25, -0.2) is 0 Å². The van der Waals surface area contributed by atoms with E-state index in [-0.39, 0.29) is 41.6 Å². The number of rotatable bonds is 4. The minimum absolute atomic E-state index is 0.0434. The molecule has 40 heavy (non-hydrogen) atoms. The second-order valence-electron chi connectivity index (χ2n) is 11.9. The van der Waals surface area contributed by atoms with Crippen molar-refractivity contribution in [1.82, 2.24) is 5.32 Å². The molecule has 0 radical (unpaired) electrons. The van der Waals surface area contributed by atoms with Gasteiger partial charge in [0.05, 0.1) is 23.8 Å². The molecule has 3 atom stereocenters. The van der Waals surface area contributed by atoms with Crippen LogP contribution in [0.5, 0.6) is 0 Å². The van der Waals surface area contributed by atoms with Crippen molar-refractivity contribution in [3.63, 3.8) is 0 Å². The Kier molecular flexibility index (Phi) is 7.76. The van der Waals surface area contributed by atoms with Crippen LogP contribution in [0.15, 0.2) is 72.8 Å². The van der Waals surface area contributed by atoms with E-state index in [2.05, 4.69) is 31.4 Å². The van der Waals surface area contributed by atoms with E-state index in [4.69, 9.17) is 5.73 Å². The van der Waals surface area contributed by atoms with E-state index in [9.17, 15) is 14.4 Å². The lowest BCUT2D eigenvalue weighted by Gasteiger charge is -2.31. The van der Waals surface area contributed by atoms with Crippen molar-refractivity contribution < 1.29 is 14.4 Å². The van der Waals surface area contributed by atoms with Crippen molar-refractivity contribution in [2.24, 2.45) is 5.73 Å². The van der Waals surface area contributed by atoms with Crippen molar-refractivity contribution in [3.8, 4) is 0 Å². The van der Waals surface area contributed by atoms with Crippen molar-refractivity contribution >= 4 is 29.1 Å². The fraction of sp³-hybridized carbons (Fsp3) is 0.364. The predicted molar refractivity (Wildman–Crippen MR) is 159 cm³/mol. The molecule has 3 aromatic carbocycles. The fourth-order valence-electron chi connectivity index (χ4n) is 5.66. The molecule has 1 aliphatic carbocycles. The first-order valence-corrected chi connectivity index (χ1v) is 14.1. The monoisotopic (exact) mass is 538 g/mol. The average molecular weight is 539 g/mol. The summed E-state index contributed by atoms with van der Waals surface area (Å²) < 4.78 is 0. The van der Waals surface area contributed by atoms with Crippen LogP contribution >= 0.6 is 0 Å². The van der Waals surface area contributed by atoms with Crippen LogP contribution in [0.1, 0.15) is 90.8 Å². The Hall–Kier alpha value is -3.97. The Balaban J connectivity index is 1.53. The van der Waals surface area contributed by atoms with Crippen LogP contribution < -0.4 is 21.3 Å². The van der Waals surface area contributed by atoms with E-state index in [1.807, 2.05) is 54.6 Å². The summed E-state index contributed by atoms with van der Waals surface area (Å²) in [6, 6.07) is 21.7. The molecule has 1 heterocycles. The summed E-state index contributed by atoms with van der Waals surface area (Å²) in [6.45, 7) is 6.40. The quantitative estimate of drug-likeness (QED) is 0.395. The third-order valence-electron chi connectivity index (χ3n) is 8.02. The standard InChI is InChI=1S/C33H38N4O3/c1-33(2,3)24-16-13-22(14-17-24)32(40)37-28-18-15-23(31(39)36-26-12-8-7-11-25(26)34)19-27(28)35-30(38)20-29(37)21-9-5-4-6-10-21/h4-6,9-10,13-19,25-26,29H,7-8,11-12,20,34H2,1-3H3,(H,35,38)(H,36,39). The van der Waals surface area contributed by atoms with Gasteiger partial charge in [0.15, 0.2) is 0 Å². The highest BCUT2D eigenvalue weighted by atomic mass is 16.2. The molecule has 0 aromatic heterocycles. The van der Waals surface area contributed by atoms with Gasteiger partial charge in [0, 0.05) is 23.2 Å². The summed E-state index contributed by atoms with van der Waals surface area (Å²) in [5.41, 5.74) is 10.1. The maximum absolute atomic E-state index is 14.2. The van der Waals surface area contributed by atoms with Crippen LogP contribution in [0.2, 0.25) is 0 Å². The first-order chi connectivity index (χ1) is 19.1. The number of carbonyl (C=O) groups excluding carboxylic acids is 3. The molecule has 5 rings (SSSR count). The second-order valence-corrected chi connectivity index (χ2v) is 11.9. The lowest BCUT2D eigenvalue weighted by atomic mass is 9.86. The van der Waals surface area contributed by atoms with Crippen LogP contribution in [0.4, 0.5) is 11.4 Å². The molecule has 3 amide bonds. The number of benzene rings is 3. The molecule has 0 bridgehead atoms. The zero-order valence-corrected chi connectivity index (χ0v) is 23.4. The van der Waals surface area contributed by atoms with E-state index in [1.165, 1.54) is 0 Å². The van der Waals surface area contributed by atoms with Crippen LogP contribution in [-0.2, 0) is 10.2 Å². The van der Waals surface area contributed by atoms with Gasteiger partial charge < -0.3 is 16.4 Å². The van der Waals surface area contributed by atoms with Gasteiger partial charge in [-0.15, -0.1) is 0 Å². The van der Waals surface area contributed by atoms with Crippen LogP contribution in [0.25, 0.3) is 0 Å². The summed E-state index contributed by atoms with van der Waals surface area (Å²) in [4.78, 5) is 42.2. The zero-order chi connectivity index (χ0) is 28.4. The van der Waals surface area contributed by atoms with E-state index in [1.54, 1.807) is 23.1 Å². The summed E-state index contributed by atoms with van der Waals surface area (Å²) in [7, 11) is 0. The van der Waals surface area contributed by atoms with Gasteiger partial charge in [-0.3, -0.25) is 19.3 Å². The van der Waals surface area contributed by atoms with Crippen LogP contribution in [0.3, 0.4) is 0 Å².